The van der Waals surface area contributed by atoms with Crippen molar-refractivity contribution in [3.63, 3.8) is 0 Å². The van der Waals surface area contributed by atoms with Crippen molar-refractivity contribution < 1.29 is 30.9 Å². The van der Waals surface area contributed by atoms with E-state index < -0.39 is 25.2 Å². The first kappa shape index (κ1) is 15.9. The summed E-state index contributed by atoms with van der Waals surface area (Å²) < 4.78 is 50.9. The maximum absolute atomic E-state index is 12.6. The van der Waals surface area contributed by atoms with Gasteiger partial charge in [-0.2, -0.15) is 8.78 Å². The van der Waals surface area contributed by atoms with Gasteiger partial charge in [0.15, 0.2) is 11.5 Å². The van der Waals surface area contributed by atoms with Gasteiger partial charge in [0.25, 0.3) is 0 Å². The molecule has 0 radical (unpaired) electrons. The molecule has 1 aliphatic heterocycles. The zero-order valence-electron chi connectivity index (χ0n) is 14.7. The highest BCUT2D eigenvalue weighted by Crippen LogP contribution is 2.37. The van der Waals surface area contributed by atoms with Crippen molar-refractivity contribution in [3.8, 4) is 11.5 Å². The molecule has 2 atom stereocenters. The molecule has 0 amide bonds. The molecular formula is C16H20ClF2NO4. The van der Waals surface area contributed by atoms with Crippen LogP contribution < -0.4 is 14.8 Å². The largest absolute Gasteiger partial charge is 0.489 e. The number of nitrogens with one attached hydrogen (secondary N) is 1. The molecular weight excluding hydrogens is 344 g/mol. The third-order valence-corrected chi connectivity index (χ3v) is 4.00. The lowest BCUT2D eigenvalue weighted by atomic mass is 9.96. The number of rotatable bonds is 7. The fourth-order valence-electron chi connectivity index (χ4n) is 2.58. The predicted molar refractivity (Wildman–Crippen MR) is 85.3 cm³/mol. The average Bonchev–Trinajstić information content (AvgIpc) is 3.27. The second-order valence-electron chi connectivity index (χ2n) is 5.81. The first-order chi connectivity index (χ1) is 11.8. The van der Waals surface area contributed by atoms with Crippen LogP contribution in [0.2, 0.25) is 0 Å². The van der Waals surface area contributed by atoms with Gasteiger partial charge < -0.3 is 19.9 Å². The molecule has 0 spiro atoms. The first-order valence-corrected chi connectivity index (χ1v) is 7.50. The molecule has 1 aromatic rings. The molecule has 5 nitrogen and oxygen atoms in total. The van der Waals surface area contributed by atoms with Crippen LogP contribution in [0.1, 0.15) is 33.5 Å². The Kier molecular flexibility index (Phi) is 5.29. The summed E-state index contributed by atoms with van der Waals surface area (Å²) >= 11 is 0. The van der Waals surface area contributed by atoms with E-state index in [2.05, 4.69) is 10.1 Å². The van der Waals surface area contributed by atoms with E-state index in [4.69, 9.17) is 12.6 Å². The third kappa shape index (κ3) is 4.70. The van der Waals surface area contributed by atoms with Crippen molar-refractivity contribution in [2.45, 2.75) is 37.8 Å². The Balaban J connectivity index is 0.00000243. The number of hydrogen-bond acceptors (Lipinski definition) is 4. The van der Waals surface area contributed by atoms with Crippen LogP contribution in [0, 0.1) is 5.92 Å². The Morgan fingerprint density at radius 3 is 2.75 bits per heavy atom. The SMILES string of the molecule is Cl.[2H]C([2H])(Oc1cc(C2CN[C@@H](C(=O)O)C2)ccc1OC(F)F)C1CC1. The van der Waals surface area contributed by atoms with E-state index in [1.54, 1.807) is 6.07 Å². The minimum Gasteiger partial charge on any atom is -0.489 e. The number of benzene rings is 1. The molecule has 1 aromatic carbocycles. The zero-order chi connectivity index (χ0) is 18.2. The van der Waals surface area contributed by atoms with Crippen LogP contribution in [-0.4, -0.2) is 36.8 Å². The van der Waals surface area contributed by atoms with Crippen molar-refractivity contribution in [1.82, 2.24) is 5.32 Å². The highest BCUT2D eigenvalue weighted by molar-refractivity contribution is 5.85. The van der Waals surface area contributed by atoms with Crippen LogP contribution in [0.25, 0.3) is 0 Å². The summed E-state index contributed by atoms with van der Waals surface area (Å²) in [6.45, 7) is -4.58. The number of alkyl halides is 2. The van der Waals surface area contributed by atoms with E-state index in [0.29, 0.717) is 31.4 Å². The Morgan fingerprint density at radius 1 is 1.42 bits per heavy atom. The van der Waals surface area contributed by atoms with Crippen molar-refractivity contribution in [2.75, 3.05) is 13.1 Å². The van der Waals surface area contributed by atoms with Crippen LogP contribution in [0.4, 0.5) is 8.78 Å². The van der Waals surface area contributed by atoms with Gasteiger partial charge in [0, 0.05) is 6.54 Å². The molecule has 1 unspecified atom stereocenters. The third-order valence-electron chi connectivity index (χ3n) is 4.00. The summed E-state index contributed by atoms with van der Waals surface area (Å²) in [7, 11) is 0. The minimum atomic E-state index is -3.05. The molecule has 1 saturated heterocycles. The van der Waals surface area contributed by atoms with Gasteiger partial charge in [0.05, 0.1) is 9.30 Å². The van der Waals surface area contributed by atoms with Crippen LogP contribution >= 0.6 is 12.4 Å². The molecule has 1 aliphatic carbocycles. The van der Waals surface area contributed by atoms with Gasteiger partial charge in [-0.25, -0.2) is 0 Å². The second-order valence-corrected chi connectivity index (χ2v) is 5.81. The Morgan fingerprint density at radius 2 is 2.17 bits per heavy atom. The van der Waals surface area contributed by atoms with E-state index >= 15 is 0 Å². The minimum absolute atomic E-state index is 0. The number of aliphatic carboxylic acids is 1. The molecule has 0 aromatic heterocycles. The summed E-state index contributed by atoms with van der Waals surface area (Å²) in [4.78, 5) is 11.1. The van der Waals surface area contributed by atoms with Gasteiger partial charge in [-0.3, -0.25) is 4.79 Å². The smallest absolute Gasteiger partial charge is 0.387 e. The van der Waals surface area contributed by atoms with Crippen LogP contribution in [0.15, 0.2) is 18.2 Å². The van der Waals surface area contributed by atoms with E-state index in [1.807, 2.05) is 0 Å². The number of carbonyl (C=O) groups is 1. The molecule has 3 rings (SSSR count). The van der Waals surface area contributed by atoms with Crippen molar-refractivity contribution in [1.29, 1.82) is 0 Å². The maximum atomic E-state index is 12.6. The average molecular weight is 366 g/mol. The summed E-state index contributed by atoms with van der Waals surface area (Å²) in [5.74, 6) is -1.66. The lowest BCUT2D eigenvalue weighted by Gasteiger charge is -2.16. The number of hydrogen-bond donors (Lipinski definition) is 2. The quantitative estimate of drug-likeness (QED) is 0.777. The zero-order valence-corrected chi connectivity index (χ0v) is 13.5. The van der Waals surface area contributed by atoms with Gasteiger partial charge in [0.1, 0.15) is 6.04 Å². The molecule has 1 saturated carbocycles. The molecule has 2 fully saturated rings. The van der Waals surface area contributed by atoms with E-state index in [1.165, 1.54) is 12.1 Å². The first-order valence-electron chi connectivity index (χ1n) is 8.50. The van der Waals surface area contributed by atoms with E-state index in [-0.39, 0.29) is 35.7 Å². The summed E-state index contributed by atoms with van der Waals surface area (Å²) in [5.41, 5.74) is 0.694. The summed E-state index contributed by atoms with van der Waals surface area (Å²) in [6.07, 6.45) is 1.73. The van der Waals surface area contributed by atoms with Gasteiger partial charge in [-0.1, -0.05) is 6.07 Å². The van der Waals surface area contributed by atoms with Crippen LogP contribution in [-0.2, 0) is 4.79 Å². The predicted octanol–water partition coefficient (Wildman–Crippen LogP) is 3.03. The fourth-order valence-corrected chi connectivity index (χ4v) is 2.58. The Hall–Kier alpha value is -1.60. The topological polar surface area (TPSA) is 67.8 Å². The molecule has 24 heavy (non-hydrogen) atoms. The molecule has 2 N–H and O–H groups in total. The standard InChI is InChI=1S/C16H19F2NO4.ClH/c17-16(18)23-13-4-3-10(6-14(13)22-8-9-1-2-9)11-5-12(15(20)21)19-7-11;/h3-4,6,9,11-12,16,19H,1-2,5,7-8H2,(H,20,21);1H/t11?,12-;/m1./s1/i8D2;. The fraction of sp³-hybridized carbons (Fsp3) is 0.562. The van der Waals surface area contributed by atoms with E-state index in [0.717, 1.165) is 0 Å². The van der Waals surface area contributed by atoms with Crippen molar-refractivity contribution in [3.05, 3.63) is 23.8 Å². The Bertz CT molecular complexity index is 661. The number of ether oxygens (including phenoxy) is 2. The van der Waals surface area contributed by atoms with Crippen LogP contribution in [0.3, 0.4) is 0 Å². The lowest BCUT2D eigenvalue weighted by Crippen LogP contribution is -2.29. The number of carboxylic acid groups (broad SMARTS) is 1. The lowest BCUT2D eigenvalue weighted by molar-refractivity contribution is -0.139. The van der Waals surface area contributed by atoms with Crippen molar-refractivity contribution in [2.24, 2.45) is 5.92 Å². The van der Waals surface area contributed by atoms with Gasteiger partial charge in [-0.05, 0) is 48.8 Å². The normalized spacial score (nSPS) is 24.8. The van der Waals surface area contributed by atoms with Crippen molar-refractivity contribution >= 4 is 18.4 Å². The van der Waals surface area contributed by atoms with E-state index in [9.17, 15) is 13.6 Å². The molecule has 134 valence electrons. The summed E-state index contributed by atoms with van der Waals surface area (Å²) in [5, 5.41) is 11.9. The maximum Gasteiger partial charge on any atom is 0.387 e. The number of carboxylic acids is 1. The molecule has 8 heteroatoms. The molecule has 0 bridgehead atoms. The van der Waals surface area contributed by atoms with Gasteiger partial charge >= 0.3 is 12.6 Å². The van der Waals surface area contributed by atoms with Crippen LogP contribution in [0.5, 0.6) is 11.5 Å². The highest BCUT2D eigenvalue weighted by Gasteiger charge is 2.31. The van der Waals surface area contributed by atoms with Gasteiger partial charge in [0.2, 0.25) is 0 Å². The van der Waals surface area contributed by atoms with Gasteiger partial charge in [-0.15, -0.1) is 12.4 Å². The summed E-state index contributed by atoms with van der Waals surface area (Å²) in [6, 6.07) is 3.69. The second kappa shape index (κ2) is 7.98. The number of halogens is 3. The Labute approximate surface area is 147 Å². The highest BCUT2D eigenvalue weighted by atomic mass is 35.5. The molecule has 2 aliphatic rings. The molecule has 1 heterocycles. The monoisotopic (exact) mass is 365 g/mol.